The number of fused-ring (bicyclic) bond motifs is 1. The summed E-state index contributed by atoms with van der Waals surface area (Å²) in [5.41, 5.74) is 0.944. The Balaban J connectivity index is 1.65. The number of amides is 1. The lowest BCUT2D eigenvalue weighted by atomic mass is 10.1. The van der Waals surface area contributed by atoms with E-state index in [0.717, 1.165) is 11.3 Å². The number of rotatable bonds is 3. The van der Waals surface area contributed by atoms with Crippen LogP contribution in [0.1, 0.15) is 18.4 Å². The van der Waals surface area contributed by atoms with Crippen LogP contribution in [0.4, 0.5) is 0 Å². The summed E-state index contributed by atoms with van der Waals surface area (Å²) < 4.78 is 16.0. The zero-order chi connectivity index (χ0) is 14.8. The molecule has 0 unspecified atom stereocenters. The first kappa shape index (κ1) is 13.7. The summed E-state index contributed by atoms with van der Waals surface area (Å²) in [6.07, 6.45) is 0.136. The van der Waals surface area contributed by atoms with Gasteiger partial charge in [-0.25, -0.2) is 0 Å². The van der Waals surface area contributed by atoms with Crippen molar-refractivity contribution < 1.29 is 23.8 Å². The number of benzene rings is 1. The number of hydrogen-bond donors (Lipinski definition) is 0. The summed E-state index contributed by atoms with van der Waals surface area (Å²) >= 11 is 0. The quantitative estimate of drug-likeness (QED) is 0.781. The van der Waals surface area contributed by atoms with Gasteiger partial charge in [0.25, 0.3) is 5.91 Å². The standard InChI is InChI=1S/C15H17NO5/c1-16(15(18)12-4-5-14(17)21-12)9-10-2-3-11-13(8-10)20-7-6-19-11/h2-3,8,12H,4-7,9H2,1H3/t12-/m0/s1. The molecule has 21 heavy (non-hydrogen) atoms. The van der Waals surface area contributed by atoms with Gasteiger partial charge in [0.05, 0.1) is 0 Å². The molecule has 0 radical (unpaired) electrons. The fraction of sp³-hybridized carbons (Fsp3) is 0.467. The Morgan fingerprint density at radius 1 is 1.29 bits per heavy atom. The number of esters is 1. The van der Waals surface area contributed by atoms with E-state index in [-0.39, 0.29) is 11.9 Å². The zero-order valence-electron chi connectivity index (χ0n) is 11.8. The maximum Gasteiger partial charge on any atom is 0.306 e. The van der Waals surface area contributed by atoms with Crippen molar-refractivity contribution in [3.63, 3.8) is 0 Å². The van der Waals surface area contributed by atoms with Crippen molar-refractivity contribution in [3.05, 3.63) is 23.8 Å². The highest BCUT2D eigenvalue weighted by Crippen LogP contribution is 2.31. The smallest absolute Gasteiger partial charge is 0.306 e. The van der Waals surface area contributed by atoms with Crippen molar-refractivity contribution in [2.75, 3.05) is 20.3 Å². The van der Waals surface area contributed by atoms with Crippen LogP contribution in [0.25, 0.3) is 0 Å². The largest absolute Gasteiger partial charge is 0.486 e. The van der Waals surface area contributed by atoms with Gasteiger partial charge >= 0.3 is 5.97 Å². The molecular formula is C15H17NO5. The second-order valence-corrected chi connectivity index (χ2v) is 5.19. The molecule has 0 N–H and O–H groups in total. The molecule has 1 amide bonds. The summed E-state index contributed by atoms with van der Waals surface area (Å²) in [7, 11) is 1.70. The minimum absolute atomic E-state index is 0.171. The topological polar surface area (TPSA) is 65.1 Å². The van der Waals surface area contributed by atoms with Gasteiger partial charge in [0, 0.05) is 26.4 Å². The first-order valence-corrected chi connectivity index (χ1v) is 6.96. The number of carbonyl (C=O) groups excluding carboxylic acids is 2. The Hall–Kier alpha value is -2.24. The number of ether oxygens (including phenoxy) is 3. The van der Waals surface area contributed by atoms with E-state index in [9.17, 15) is 9.59 Å². The van der Waals surface area contributed by atoms with Gasteiger partial charge in [-0.1, -0.05) is 6.07 Å². The van der Waals surface area contributed by atoms with Gasteiger partial charge in [-0.3, -0.25) is 9.59 Å². The van der Waals surface area contributed by atoms with Crippen LogP contribution in [0.2, 0.25) is 0 Å². The molecule has 1 aromatic rings. The predicted octanol–water partition coefficient (Wildman–Crippen LogP) is 1.12. The Labute approximate surface area is 122 Å². The average Bonchev–Trinajstić information content (AvgIpc) is 2.93. The minimum atomic E-state index is -0.639. The molecule has 0 aliphatic carbocycles. The normalized spacial score (nSPS) is 20.0. The second-order valence-electron chi connectivity index (χ2n) is 5.19. The molecule has 1 atom stereocenters. The van der Waals surface area contributed by atoms with Gasteiger partial charge in [0.15, 0.2) is 17.6 Å². The molecule has 0 aromatic heterocycles. The average molecular weight is 291 g/mol. The molecule has 2 aliphatic heterocycles. The molecule has 2 heterocycles. The lowest BCUT2D eigenvalue weighted by Gasteiger charge is -2.22. The van der Waals surface area contributed by atoms with Crippen LogP contribution in [0.15, 0.2) is 18.2 Å². The Morgan fingerprint density at radius 3 is 2.76 bits per heavy atom. The monoisotopic (exact) mass is 291 g/mol. The maximum atomic E-state index is 12.2. The number of nitrogens with zero attached hydrogens (tertiary/aromatic N) is 1. The highest BCUT2D eigenvalue weighted by Gasteiger charge is 2.31. The third-order valence-electron chi connectivity index (χ3n) is 3.56. The molecule has 6 nitrogen and oxygen atoms in total. The lowest BCUT2D eigenvalue weighted by Crippen LogP contribution is -2.35. The third-order valence-corrected chi connectivity index (χ3v) is 3.56. The zero-order valence-corrected chi connectivity index (χ0v) is 11.8. The Morgan fingerprint density at radius 2 is 2.05 bits per heavy atom. The molecule has 1 aromatic carbocycles. The van der Waals surface area contributed by atoms with Gasteiger partial charge < -0.3 is 19.1 Å². The van der Waals surface area contributed by atoms with Crippen molar-refractivity contribution >= 4 is 11.9 Å². The predicted molar refractivity (Wildman–Crippen MR) is 73.0 cm³/mol. The molecule has 1 saturated heterocycles. The summed E-state index contributed by atoms with van der Waals surface area (Å²) in [6.45, 7) is 1.52. The summed E-state index contributed by atoms with van der Waals surface area (Å²) in [6, 6.07) is 5.62. The van der Waals surface area contributed by atoms with E-state index in [1.54, 1.807) is 11.9 Å². The Bertz CT molecular complexity index is 571. The molecule has 2 aliphatic rings. The number of cyclic esters (lactones) is 1. The first-order chi connectivity index (χ1) is 10.1. The summed E-state index contributed by atoms with van der Waals surface area (Å²) in [5, 5.41) is 0. The fourth-order valence-electron chi connectivity index (χ4n) is 2.48. The van der Waals surface area contributed by atoms with Crippen LogP contribution in [-0.2, 0) is 20.9 Å². The highest BCUT2D eigenvalue weighted by molar-refractivity contribution is 5.86. The molecule has 0 saturated carbocycles. The summed E-state index contributed by atoms with van der Waals surface area (Å²) in [5.74, 6) is 0.951. The molecule has 112 valence electrons. The third kappa shape index (κ3) is 2.94. The maximum absolute atomic E-state index is 12.2. The van der Waals surface area contributed by atoms with E-state index in [1.807, 2.05) is 18.2 Å². The second kappa shape index (κ2) is 5.63. The van der Waals surface area contributed by atoms with Gasteiger partial charge in [-0.15, -0.1) is 0 Å². The van der Waals surface area contributed by atoms with Crippen LogP contribution in [-0.4, -0.2) is 43.1 Å². The van der Waals surface area contributed by atoms with E-state index in [0.29, 0.717) is 38.3 Å². The van der Waals surface area contributed by atoms with Gasteiger partial charge in [0.2, 0.25) is 0 Å². The van der Waals surface area contributed by atoms with Crippen molar-refractivity contribution in [3.8, 4) is 11.5 Å². The van der Waals surface area contributed by atoms with Crippen LogP contribution in [0, 0.1) is 0 Å². The molecule has 3 rings (SSSR count). The number of carbonyl (C=O) groups is 2. The van der Waals surface area contributed by atoms with Crippen molar-refractivity contribution in [1.29, 1.82) is 0 Å². The van der Waals surface area contributed by atoms with Crippen LogP contribution in [0.5, 0.6) is 11.5 Å². The van der Waals surface area contributed by atoms with Crippen LogP contribution >= 0.6 is 0 Å². The first-order valence-electron chi connectivity index (χ1n) is 6.96. The van der Waals surface area contributed by atoms with Gasteiger partial charge in [0.1, 0.15) is 13.2 Å². The van der Waals surface area contributed by atoms with Gasteiger partial charge in [-0.05, 0) is 17.7 Å². The number of hydrogen-bond acceptors (Lipinski definition) is 5. The highest BCUT2D eigenvalue weighted by atomic mass is 16.6. The number of likely N-dealkylation sites (N-methyl/N-ethyl adjacent to an activating group) is 1. The SMILES string of the molecule is CN(Cc1ccc2c(c1)OCCO2)C(=O)[C@@H]1CCC(=O)O1. The van der Waals surface area contributed by atoms with E-state index in [4.69, 9.17) is 14.2 Å². The van der Waals surface area contributed by atoms with E-state index in [1.165, 1.54) is 0 Å². The van der Waals surface area contributed by atoms with E-state index < -0.39 is 6.10 Å². The Kier molecular flexibility index (Phi) is 3.68. The van der Waals surface area contributed by atoms with Gasteiger partial charge in [-0.2, -0.15) is 0 Å². The molecule has 6 heteroatoms. The fourth-order valence-corrected chi connectivity index (χ4v) is 2.48. The molecule has 0 spiro atoms. The van der Waals surface area contributed by atoms with E-state index in [2.05, 4.69) is 0 Å². The lowest BCUT2D eigenvalue weighted by molar-refractivity contribution is -0.152. The minimum Gasteiger partial charge on any atom is -0.486 e. The molecular weight excluding hydrogens is 274 g/mol. The van der Waals surface area contributed by atoms with Crippen LogP contribution in [0.3, 0.4) is 0 Å². The van der Waals surface area contributed by atoms with Crippen LogP contribution < -0.4 is 9.47 Å². The molecule has 0 bridgehead atoms. The van der Waals surface area contributed by atoms with Crippen molar-refractivity contribution in [2.24, 2.45) is 0 Å². The summed E-state index contributed by atoms with van der Waals surface area (Å²) in [4.78, 5) is 24.8. The molecule has 1 fully saturated rings. The van der Waals surface area contributed by atoms with Crippen molar-refractivity contribution in [1.82, 2.24) is 4.90 Å². The van der Waals surface area contributed by atoms with E-state index >= 15 is 0 Å². The van der Waals surface area contributed by atoms with Crippen molar-refractivity contribution in [2.45, 2.75) is 25.5 Å².